The third-order valence-electron chi connectivity index (χ3n) is 2.43. The lowest BCUT2D eigenvalue weighted by Crippen LogP contribution is -2.05. The van der Waals surface area contributed by atoms with E-state index >= 15 is 0 Å². The quantitative estimate of drug-likeness (QED) is 0.584. The number of hydrogen-bond donors (Lipinski definition) is 1. The van der Waals surface area contributed by atoms with Crippen LogP contribution < -0.4 is 5.32 Å². The summed E-state index contributed by atoms with van der Waals surface area (Å²) in [5.74, 6) is 0. The second kappa shape index (κ2) is 6.02. The fourth-order valence-corrected chi connectivity index (χ4v) is 3.39. The maximum Gasteiger partial charge on any atom is 0.0932 e. The normalized spacial score (nSPS) is 12.5. The summed E-state index contributed by atoms with van der Waals surface area (Å²) < 4.78 is 1.56. The Morgan fingerprint density at radius 1 is 1.11 bits per heavy atom. The molecule has 1 aromatic carbocycles. The molecule has 1 heterocycles. The smallest absolute Gasteiger partial charge is 0.0932 e. The van der Waals surface area contributed by atoms with Crippen LogP contribution in [0.4, 0.5) is 5.69 Å². The van der Waals surface area contributed by atoms with Crippen molar-refractivity contribution in [3.8, 4) is 0 Å². The van der Waals surface area contributed by atoms with Crippen LogP contribution in [0.15, 0.2) is 28.7 Å². The van der Waals surface area contributed by atoms with Crippen molar-refractivity contribution in [1.29, 1.82) is 0 Å². The minimum atomic E-state index is 0.122. The van der Waals surface area contributed by atoms with Gasteiger partial charge in [0, 0.05) is 9.35 Å². The van der Waals surface area contributed by atoms with E-state index in [2.05, 4.69) is 28.2 Å². The Bertz CT molecular complexity index is 570. The number of anilines is 1. The largest absolute Gasteiger partial charge is 0.376 e. The van der Waals surface area contributed by atoms with Crippen molar-refractivity contribution >= 4 is 67.8 Å². The van der Waals surface area contributed by atoms with Crippen LogP contribution in [0.2, 0.25) is 14.4 Å². The zero-order valence-corrected chi connectivity index (χ0v) is 14.0. The molecule has 1 nitrogen and oxygen atoms in total. The predicted molar refractivity (Wildman–Crippen MR) is 85.5 cm³/mol. The Morgan fingerprint density at radius 2 is 1.83 bits per heavy atom. The average molecular weight is 386 g/mol. The van der Waals surface area contributed by atoms with Crippen LogP contribution >= 0.6 is 62.1 Å². The first-order valence-corrected chi connectivity index (χ1v) is 7.88. The van der Waals surface area contributed by atoms with Gasteiger partial charge in [-0.3, -0.25) is 0 Å². The minimum Gasteiger partial charge on any atom is -0.376 e. The number of halogens is 4. The molecule has 0 aliphatic carbocycles. The summed E-state index contributed by atoms with van der Waals surface area (Å²) in [5, 5.41) is 4.35. The molecule has 2 aromatic rings. The summed E-state index contributed by atoms with van der Waals surface area (Å²) in [6.45, 7) is 2.05. The van der Waals surface area contributed by atoms with Gasteiger partial charge in [0.2, 0.25) is 0 Å². The van der Waals surface area contributed by atoms with Crippen molar-refractivity contribution in [2.24, 2.45) is 0 Å². The first-order valence-electron chi connectivity index (χ1n) is 5.14. The fraction of sp³-hybridized carbons (Fsp3) is 0.167. The Balaban J connectivity index is 2.22. The number of rotatable bonds is 3. The molecule has 0 fully saturated rings. The molecule has 2 rings (SSSR count). The lowest BCUT2D eigenvalue weighted by atomic mass is 10.2. The first kappa shape index (κ1) is 14.5. The van der Waals surface area contributed by atoms with Gasteiger partial charge in [-0.1, -0.05) is 34.8 Å². The van der Waals surface area contributed by atoms with Gasteiger partial charge in [-0.05, 0) is 47.1 Å². The minimum absolute atomic E-state index is 0.122. The summed E-state index contributed by atoms with van der Waals surface area (Å²) >= 11 is 23.1. The van der Waals surface area contributed by atoms with Crippen molar-refractivity contribution < 1.29 is 0 Å². The van der Waals surface area contributed by atoms with E-state index < -0.39 is 0 Å². The van der Waals surface area contributed by atoms with Crippen LogP contribution in [0.1, 0.15) is 17.8 Å². The van der Waals surface area contributed by atoms with Gasteiger partial charge in [-0.2, -0.15) is 0 Å². The summed E-state index contributed by atoms with van der Waals surface area (Å²) in [6.07, 6.45) is 0. The Labute approximate surface area is 133 Å². The van der Waals surface area contributed by atoms with E-state index in [-0.39, 0.29) is 6.04 Å². The van der Waals surface area contributed by atoms with Gasteiger partial charge >= 0.3 is 0 Å². The van der Waals surface area contributed by atoms with E-state index in [1.165, 1.54) is 0 Å². The predicted octanol–water partition coefficient (Wildman–Crippen LogP) is 6.64. The molecule has 1 N–H and O–H groups in total. The molecule has 0 aliphatic rings. The van der Waals surface area contributed by atoms with Gasteiger partial charge in [0.05, 0.1) is 26.1 Å². The van der Waals surface area contributed by atoms with E-state index in [1.54, 1.807) is 11.3 Å². The maximum absolute atomic E-state index is 6.19. The molecule has 0 spiro atoms. The second-order valence-electron chi connectivity index (χ2n) is 3.73. The van der Waals surface area contributed by atoms with Crippen LogP contribution in [-0.4, -0.2) is 0 Å². The number of thiophene rings is 1. The van der Waals surface area contributed by atoms with Crippen molar-refractivity contribution in [3.63, 3.8) is 0 Å². The molecule has 0 saturated carbocycles. The van der Waals surface area contributed by atoms with Crippen LogP contribution in [0.3, 0.4) is 0 Å². The lowest BCUT2D eigenvalue weighted by molar-refractivity contribution is 0.908. The van der Waals surface area contributed by atoms with Crippen molar-refractivity contribution in [2.45, 2.75) is 13.0 Å². The highest BCUT2D eigenvalue weighted by Gasteiger charge is 2.13. The first-order chi connectivity index (χ1) is 8.49. The number of nitrogens with one attached hydrogen (secondary N) is 1. The molecular weight excluding hydrogens is 376 g/mol. The molecule has 6 heteroatoms. The van der Waals surface area contributed by atoms with Crippen molar-refractivity contribution in [1.82, 2.24) is 0 Å². The number of hydrogen-bond acceptors (Lipinski definition) is 2. The van der Waals surface area contributed by atoms with Gasteiger partial charge < -0.3 is 5.32 Å². The van der Waals surface area contributed by atoms with Gasteiger partial charge in [-0.15, -0.1) is 11.3 Å². The Hall–Kier alpha value is 0.0700. The van der Waals surface area contributed by atoms with Crippen LogP contribution in [-0.2, 0) is 0 Å². The van der Waals surface area contributed by atoms with E-state index in [1.807, 2.05) is 24.3 Å². The van der Waals surface area contributed by atoms with Gasteiger partial charge in [0.1, 0.15) is 0 Å². The number of benzene rings is 1. The molecular formula is C12H9BrCl3NS. The zero-order chi connectivity index (χ0) is 13.3. The molecule has 96 valence electrons. The van der Waals surface area contributed by atoms with Gasteiger partial charge in [0.25, 0.3) is 0 Å². The fourth-order valence-electron chi connectivity index (χ4n) is 1.50. The van der Waals surface area contributed by atoms with Gasteiger partial charge in [-0.25, -0.2) is 0 Å². The zero-order valence-electron chi connectivity index (χ0n) is 9.31. The molecule has 18 heavy (non-hydrogen) atoms. The van der Waals surface area contributed by atoms with E-state index in [9.17, 15) is 0 Å². The molecule has 0 aliphatic heterocycles. The lowest BCUT2D eigenvalue weighted by Gasteiger charge is -2.16. The van der Waals surface area contributed by atoms with Crippen LogP contribution in [0.25, 0.3) is 0 Å². The van der Waals surface area contributed by atoms with E-state index in [0.29, 0.717) is 10.0 Å². The molecule has 0 bridgehead atoms. The summed E-state index contributed by atoms with van der Waals surface area (Å²) in [5.41, 5.74) is 0.807. The van der Waals surface area contributed by atoms with E-state index in [0.717, 1.165) is 19.4 Å². The molecule has 0 amide bonds. The molecule has 1 unspecified atom stereocenters. The van der Waals surface area contributed by atoms with Crippen molar-refractivity contribution in [2.75, 3.05) is 5.32 Å². The Morgan fingerprint density at radius 3 is 2.44 bits per heavy atom. The average Bonchev–Trinajstić information content (AvgIpc) is 2.77. The topological polar surface area (TPSA) is 12.0 Å². The molecule has 1 aromatic heterocycles. The third-order valence-corrected chi connectivity index (χ3v) is 5.61. The molecule has 0 radical (unpaired) electrons. The second-order valence-corrected chi connectivity index (χ2v) is 7.09. The highest BCUT2D eigenvalue weighted by molar-refractivity contribution is 9.10. The third kappa shape index (κ3) is 3.14. The monoisotopic (exact) mass is 383 g/mol. The Kier molecular flexibility index (Phi) is 4.84. The van der Waals surface area contributed by atoms with Crippen LogP contribution in [0.5, 0.6) is 0 Å². The summed E-state index contributed by atoms with van der Waals surface area (Å²) in [6, 6.07) is 7.76. The van der Waals surface area contributed by atoms with Crippen LogP contribution in [0, 0.1) is 0 Å². The highest BCUT2D eigenvalue weighted by Crippen LogP contribution is 2.38. The van der Waals surface area contributed by atoms with E-state index in [4.69, 9.17) is 34.8 Å². The standard InChI is InChI=1S/C12H9BrCl3NS/c1-6(9-4-5-10(14)18-9)17-8-3-2-7(13)11(15)12(8)16/h2-6,17H,1H3. The molecule has 1 atom stereocenters. The SMILES string of the molecule is CC(Nc1ccc(Br)c(Cl)c1Cl)c1ccc(Cl)s1. The van der Waals surface area contributed by atoms with Crippen molar-refractivity contribution in [3.05, 3.63) is 48.0 Å². The van der Waals surface area contributed by atoms with Gasteiger partial charge in [0.15, 0.2) is 0 Å². The molecule has 0 saturated heterocycles. The highest BCUT2D eigenvalue weighted by atomic mass is 79.9. The summed E-state index contributed by atoms with van der Waals surface area (Å²) in [4.78, 5) is 1.15. The summed E-state index contributed by atoms with van der Waals surface area (Å²) in [7, 11) is 0. The maximum atomic E-state index is 6.19.